The van der Waals surface area contributed by atoms with Crippen LogP contribution in [0, 0.1) is 17.7 Å². The number of primary amides is 1. The lowest BCUT2D eigenvalue weighted by molar-refractivity contribution is -0.732. The largest absolute Gasteiger partial charge is 0.369 e. The minimum Gasteiger partial charge on any atom is -0.369 e. The Bertz CT molecular complexity index is 976. The number of nitrogens with two attached hydrogens (primary N) is 2. The summed E-state index contributed by atoms with van der Waals surface area (Å²) < 4.78 is 14.1. The van der Waals surface area contributed by atoms with Crippen LogP contribution in [0.2, 0.25) is 0 Å². The van der Waals surface area contributed by atoms with E-state index in [1.807, 2.05) is 0 Å². The van der Waals surface area contributed by atoms with E-state index in [4.69, 9.17) is 5.73 Å². The Morgan fingerprint density at radius 3 is 2.63 bits per heavy atom. The third-order valence-electron chi connectivity index (χ3n) is 7.24. The SMILES string of the molecule is NC(=O)C[C@@H]1[NH2+][C@]2(C(=O)Nc3ccc(F)cc32)[C@@H]2C(=O)N(C3CCCCC3)C(=O)[C@H]12. The highest BCUT2D eigenvalue weighted by atomic mass is 19.1. The van der Waals surface area contributed by atoms with Crippen molar-refractivity contribution in [2.24, 2.45) is 17.6 Å². The Hall–Kier alpha value is -2.81. The lowest BCUT2D eigenvalue weighted by Crippen LogP contribution is -2.99. The highest BCUT2D eigenvalue weighted by molar-refractivity contribution is 6.14. The van der Waals surface area contributed by atoms with Crippen molar-refractivity contribution in [3.05, 3.63) is 29.6 Å². The van der Waals surface area contributed by atoms with E-state index >= 15 is 0 Å². The molecule has 4 amide bonds. The molecule has 0 radical (unpaired) electrons. The monoisotopic (exact) mass is 415 g/mol. The normalized spacial score (nSPS) is 33.2. The maximum Gasteiger partial charge on any atom is 0.291 e. The Kier molecular flexibility index (Phi) is 4.22. The molecule has 3 aliphatic heterocycles. The van der Waals surface area contributed by atoms with Gasteiger partial charge in [-0.1, -0.05) is 19.3 Å². The molecule has 0 bridgehead atoms. The first kappa shape index (κ1) is 19.2. The van der Waals surface area contributed by atoms with E-state index in [0.29, 0.717) is 11.3 Å². The molecular formula is C21H24FN4O4+. The number of likely N-dealkylation sites (tertiary alicyclic amines) is 1. The fourth-order valence-corrected chi connectivity index (χ4v) is 6.08. The van der Waals surface area contributed by atoms with E-state index in [2.05, 4.69) is 5.32 Å². The third kappa shape index (κ3) is 2.47. The molecule has 30 heavy (non-hydrogen) atoms. The number of fused-ring (bicyclic) bond motifs is 4. The molecule has 1 aromatic carbocycles. The Morgan fingerprint density at radius 1 is 1.20 bits per heavy atom. The van der Waals surface area contributed by atoms with Gasteiger partial charge in [-0.25, -0.2) is 4.39 Å². The van der Waals surface area contributed by atoms with Crippen molar-refractivity contribution in [3.8, 4) is 0 Å². The second kappa shape index (κ2) is 6.60. The van der Waals surface area contributed by atoms with Gasteiger partial charge < -0.3 is 16.4 Å². The van der Waals surface area contributed by atoms with E-state index in [-0.39, 0.29) is 18.4 Å². The minimum absolute atomic E-state index is 0.141. The van der Waals surface area contributed by atoms with Crippen LogP contribution >= 0.6 is 0 Å². The van der Waals surface area contributed by atoms with Gasteiger partial charge in [-0.15, -0.1) is 0 Å². The van der Waals surface area contributed by atoms with Crippen LogP contribution in [0.5, 0.6) is 0 Å². The van der Waals surface area contributed by atoms with Crippen molar-refractivity contribution in [2.75, 3.05) is 5.32 Å². The third-order valence-corrected chi connectivity index (χ3v) is 7.24. The van der Waals surface area contributed by atoms with E-state index in [9.17, 15) is 23.6 Å². The van der Waals surface area contributed by atoms with Crippen LogP contribution in [-0.4, -0.2) is 40.6 Å². The summed E-state index contributed by atoms with van der Waals surface area (Å²) in [5.74, 6) is -4.17. The van der Waals surface area contributed by atoms with Crippen LogP contribution in [0.3, 0.4) is 0 Å². The predicted octanol–water partition coefficient (Wildman–Crippen LogP) is -0.272. The zero-order valence-electron chi connectivity index (χ0n) is 16.4. The van der Waals surface area contributed by atoms with Gasteiger partial charge in [-0.3, -0.25) is 24.1 Å². The summed E-state index contributed by atoms with van der Waals surface area (Å²) in [5.41, 5.74) is 4.72. The molecule has 3 fully saturated rings. The molecule has 1 aromatic rings. The number of imide groups is 1. The molecule has 3 heterocycles. The summed E-state index contributed by atoms with van der Waals surface area (Å²) in [7, 11) is 0. The Labute approximate surface area is 172 Å². The van der Waals surface area contributed by atoms with E-state index in [1.165, 1.54) is 23.1 Å². The van der Waals surface area contributed by atoms with Crippen LogP contribution in [0.25, 0.3) is 0 Å². The molecule has 158 valence electrons. The van der Waals surface area contributed by atoms with Crippen molar-refractivity contribution in [3.63, 3.8) is 0 Å². The number of nitrogens with zero attached hydrogens (tertiary/aromatic N) is 1. The standard InChI is InChI=1S/C21H23FN4O4/c22-10-6-7-13-12(8-10)21(20(30)24-13)17-16(14(25-21)9-15(23)27)18(28)26(19(17)29)11-4-2-1-3-5-11/h6-8,11,14,16-17,25H,1-5,9H2,(H2,23,27)(H,24,30)/p+1/t14-,16+,17-,21-/m0/s1. The molecule has 1 aliphatic carbocycles. The molecule has 2 saturated heterocycles. The van der Waals surface area contributed by atoms with Crippen LogP contribution in [0.4, 0.5) is 10.1 Å². The van der Waals surface area contributed by atoms with Gasteiger partial charge in [-0.05, 0) is 31.0 Å². The van der Waals surface area contributed by atoms with Gasteiger partial charge in [0.15, 0.2) is 0 Å². The number of hydrogen-bond donors (Lipinski definition) is 3. The van der Waals surface area contributed by atoms with Gasteiger partial charge >= 0.3 is 0 Å². The first-order valence-corrected chi connectivity index (χ1v) is 10.5. The summed E-state index contributed by atoms with van der Waals surface area (Å²) >= 11 is 0. The first-order valence-electron chi connectivity index (χ1n) is 10.5. The number of carbonyl (C=O) groups excluding carboxylic acids is 4. The van der Waals surface area contributed by atoms with Gasteiger partial charge in [0.05, 0.1) is 12.1 Å². The van der Waals surface area contributed by atoms with E-state index < -0.39 is 47.0 Å². The van der Waals surface area contributed by atoms with Gasteiger partial charge in [0, 0.05) is 11.6 Å². The summed E-state index contributed by atoms with van der Waals surface area (Å²) in [6.07, 6.45) is 4.28. The molecule has 1 saturated carbocycles. The summed E-state index contributed by atoms with van der Waals surface area (Å²) in [4.78, 5) is 53.3. The van der Waals surface area contributed by atoms with Gasteiger partial charge in [0.1, 0.15) is 23.7 Å². The molecule has 0 unspecified atom stereocenters. The second-order valence-electron chi connectivity index (χ2n) is 8.86. The maximum absolute atomic E-state index is 14.1. The quantitative estimate of drug-likeness (QED) is 0.588. The minimum atomic E-state index is -1.47. The average Bonchev–Trinajstić information content (AvgIpc) is 3.27. The van der Waals surface area contributed by atoms with Crippen molar-refractivity contribution in [1.82, 2.24) is 4.90 Å². The van der Waals surface area contributed by atoms with Gasteiger partial charge in [0.25, 0.3) is 5.91 Å². The van der Waals surface area contributed by atoms with Crippen molar-refractivity contribution in [2.45, 2.75) is 56.1 Å². The van der Waals surface area contributed by atoms with Crippen molar-refractivity contribution < 1.29 is 28.9 Å². The Balaban J connectivity index is 1.63. The number of anilines is 1. The number of rotatable bonds is 3. The molecule has 5 rings (SSSR count). The molecule has 4 atom stereocenters. The number of benzene rings is 1. The lowest BCUT2D eigenvalue weighted by Gasteiger charge is -2.32. The number of hydrogen-bond acceptors (Lipinski definition) is 4. The predicted molar refractivity (Wildman–Crippen MR) is 102 cm³/mol. The topological polar surface area (TPSA) is 126 Å². The molecule has 9 heteroatoms. The number of halogens is 1. The lowest BCUT2D eigenvalue weighted by atomic mass is 9.76. The molecule has 8 nitrogen and oxygen atoms in total. The number of nitrogens with one attached hydrogen (secondary N) is 1. The van der Waals surface area contributed by atoms with Crippen LogP contribution in [-0.2, 0) is 24.7 Å². The smallest absolute Gasteiger partial charge is 0.291 e. The summed E-state index contributed by atoms with van der Waals surface area (Å²) in [5, 5.41) is 4.34. The molecule has 5 N–H and O–H groups in total. The maximum atomic E-state index is 14.1. The van der Waals surface area contributed by atoms with E-state index in [0.717, 1.165) is 32.1 Å². The van der Waals surface area contributed by atoms with E-state index in [1.54, 1.807) is 5.32 Å². The summed E-state index contributed by atoms with van der Waals surface area (Å²) in [6.45, 7) is 0. The zero-order chi connectivity index (χ0) is 21.2. The first-order chi connectivity index (χ1) is 14.3. The molecule has 4 aliphatic rings. The highest BCUT2D eigenvalue weighted by Crippen LogP contribution is 2.50. The van der Waals surface area contributed by atoms with Gasteiger partial charge in [-0.2, -0.15) is 0 Å². The number of carbonyl (C=O) groups is 4. The molecular weight excluding hydrogens is 391 g/mol. The summed E-state index contributed by atoms with van der Waals surface area (Å²) in [6, 6.07) is 3.10. The van der Waals surface area contributed by atoms with Crippen molar-refractivity contribution in [1.29, 1.82) is 0 Å². The second-order valence-corrected chi connectivity index (χ2v) is 8.86. The fraction of sp³-hybridized carbons (Fsp3) is 0.524. The number of amides is 4. The Morgan fingerprint density at radius 2 is 1.93 bits per heavy atom. The zero-order valence-corrected chi connectivity index (χ0v) is 16.4. The van der Waals surface area contributed by atoms with Crippen molar-refractivity contribution >= 4 is 29.3 Å². The number of quaternary nitrogens is 1. The molecule has 0 aromatic heterocycles. The fourth-order valence-electron chi connectivity index (χ4n) is 6.08. The van der Waals surface area contributed by atoms with Crippen LogP contribution in [0.15, 0.2) is 18.2 Å². The average molecular weight is 415 g/mol. The highest BCUT2D eigenvalue weighted by Gasteiger charge is 2.74. The van der Waals surface area contributed by atoms with Crippen LogP contribution in [0.1, 0.15) is 44.1 Å². The van der Waals surface area contributed by atoms with Gasteiger partial charge in [0.2, 0.25) is 23.3 Å². The van der Waals surface area contributed by atoms with Crippen LogP contribution < -0.4 is 16.4 Å². The molecule has 1 spiro atoms.